The Balaban J connectivity index is 1.65. The van der Waals surface area contributed by atoms with E-state index in [0.29, 0.717) is 16.0 Å². The summed E-state index contributed by atoms with van der Waals surface area (Å²) in [6.07, 6.45) is 10.5. The third-order valence-electron chi connectivity index (χ3n) is 5.07. The number of pyridine rings is 1. The van der Waals surface area contributed by atoms with Gasteiger partial charge in [-0.3, -0.25) is 4.79 Å². The van der Waals surface area contributed by atoms with Crippen molar-refractivity contribution in [1.82, 2.24) is 9.88 Å². The third-order valence-corrected chi connectivity index (χ3v) is 5.75. The van der Waals surface area contributed by atoms with Crippen LogP contribution in [0.15, 0.2) is 12.3 Å². The van der Waals surface area contributed by atoms with Crippen molar-refractivity contribution in [2.75, 3.05) is 13.1 Å². The summed E-state index contributed by atoms with van der Waals surface area (Å²) in [5.41, 5.74) is 1.04. The lowest BCUT2D eigenvalue weighted by molar-refractivity contribution is 0.0471. The predicted molar refractivity (Wildman–Crippen MR) is 84.9 cm³/mol. The molecule has 1 aromatic rings. The van der Waals surface area contributed by atoms with E-state index in [-0.39, 0.29) is 11.1 Å². The van der Waals surface area contributed by atoms with E-state index in [4.69, 9.17) is 23.2 Å². The van der Waals surface area contributed by atoms with Gasteiger partial charge in [-0.2, -0.15) is 0 Å². The minimum atomic E-state index is 0.0201. The zero-order valence-electron chi connectivity index (χ0n) is 12.1. The highest BCUT2D eigenvalue weighted by atomic mass is 35.5. The lowest BCUT2D eigenvalue weighted by Crippen LogP contribution is -2.43. The van der Waals surface area contributed by atoms with Crippen LogP contribution in [0.25, 0.3) is 0 Å². The monoisotopic (exact) mass is 326 g/mol. The van der Waals surface area contributed by atoms with E-state index in [2.05, 4.69) is 4.98 Å². The van der Waals surface area contributed by atoms with Gasteiger partial charge in [0.2, 0.25) is 0 Å². The topological polar surface area (TPSA) is 33.2 Å². The van der Waals surface area contributed by atoms with E-state index in [1.165, 1.54) is 38.3 Å². The van der Waals surface area contributed by atoms with Crippen LogP contribution in [0.1, 0.15) is 55.3 Å². The number of carbonyl (C=O) groups excluding carboxylic acids is 1. The van der Waals surface area contributed by atoms with Gasteiger partial charge in [0, 0.05) is 19.3 Å². The molecule has 0 aromatic carbocycles. The number of aromatic nitrogens is 1. The average molecular weight is 327 g/mol. The van der Waals surface area contributed by atoms with Gasteiger partial charge in [0.1, 0.15) is 5.15 Å². The van der Waals surface area contributed by atoms with Crippen LogP contribution in [0.3, 0.4) is 0 Å². The first-order valence-electron chi connectivity index (χ1n) is 7.70. The summed E-state index contributed by atoms with van der Waals surface area (Å²) >= 11 is 11.7. The lowest BCUT2D eigenvalue weighted by atomic mass is 9.68. The summed E-state index contributed by atoms with van der Waals surface area (Å²) in [7, 11) is 0. The molecule has 0 bridgehead atoms. The summed E-state index contributed by atoms with van der Waals surface area (Å²) in [4.78, 5) is 18.4. The molecule has 2 heterocycles. The SMILES string of the molecule is O=C(c1cnc(Cl)c(Cl)c1)N1CCC2(CCCCC2)CC1. The zero-order valence-corrected chi connectivity index (χ0v) is 13.6. The minimum Gasteiger partial charge on any atom is -0.339 e. The zero-order chi connectivity index (χ0) is 14.9. The Labute approximate surface area is 135 Å². The van der Waals surface area contributed by atoms with Crippen molar-refractivity contribution in [1.29, 1.82) is 0 Å². The Morgan fingerprint density at radius 3 is 2.38 bits per heavy atom. The predicted octanol–water partition coefficient (Wildman–Crippen LogP) is 4.57. The fourth-order valence-electron chi connectivity index (χ4n) is 3.71. The first-order chi connectivity index (χ1) is 10.1. The normalized spacial score (nSPS) is 21.5. The third kappa shape index (κ3) is 3.19. The van der Waals surface area contributed by atoms with Crippen LogP contribution < -0.4 is 0 Å². The number of hydrogen-bond acceptors (Lipinski definition) is 2. The van der Waals surface area contributed by atoms with Crippen molar-refractivity contribution < 1.29 is 4.79 Å². The summed E-state index contributed by atoms with van der Waals surface area (Å²) in [5.74, 6) is 0.0201. The van der Waals surface area contributed by atoms with Crippen molar-refractivity contribution in [3.8, 4) is 0 Å². The molecule has 0 atom stereocenters. The Morgan fingerprint density at radius 2 is 1.76 bits per heavy atom. The molecule has 3 nitrogen and oxygen atoms in total. The number of nitrogens with zero attached hydrogens (tertiary/aromatic N) is 2. The van der Waals surface area contributed by atoms with Gasteiger partial charge in [0.25, 0.3) is 5.91 Å². The van der Waals surface area contributed by atoms with Crippen LogP contribution in [-0.4, -0.2) is 28.9 Å². The van der Waals surface area contributed by atoms with Crippen molar-refractivity contribution in [2.24, 2.45) is 5.41 Å². The molecular weight excluding hydrogens is 307 g/mol. The molecule has 2 fully saturated rings. The van der Waals surface area contributed by atoms with E-state index in [9.17, 15) is 4.79 Å². The Kier molecular flexibility index (Phi) is 4.41. The van der Waals surface area contributed by atoms with Gasteiger partial charge in [0.15, 0.2) is 0 Å². The molecular formula is C16H20Cl2N2O. The molecule has 0 unspecified atom stereocenters. The molecule has 0 N–H and O–H groups in total. The van der Waals surface area contributed by atoms with E-state index in [1.807, 2.05) is 4.90 Å². The quantitative estimate of drug-likeness (QED) is 0.708. The Morgan fingerprint density at radius 1 is 1.10 bits per heavy atom. The first kappa shape index (κ1) is 15.1. The van der Waals surface area contributed by atoms with Crippen LogP contribution in [0.4, 0.5) is 0 Å². The number of halogens is 2. The molecule has 1 saturated carbocycles. The van der Waals surface area contributed by atoms with Gasteiger partial charge in [-0.1, -0.05) is 42.5 Å². The van der Waals surface area contributed by atoms with Crippen LogP contribution in [0.5, 0.6) is 0 Å². The van der Waals surface area contributed by atoms with Gasteiger partial charge in [-0.15, -0.1) is 0 Å². The van der Waals surface area contributed by atoms with Crippen LogP contribution >= 0.6 is 23.2 Å². The number of likely N-dealkylation sites (tertiary alicyclic amines) is 1. The van der Waals surface area contributed by atoms with Crippen molar-refractivity contribution in [2.45, 2.75) is 44.9 Å². The second-order valence-corrected chi connectivity index (χ2v) is 7.11. The van der Waals surface area contributed by atoms with Gasteiger partial charge < -0.3 is 4.90 Å². The molecule has 2 aliphatic rings. The first-order valence-corrected chi connectivity index (χ1v) is 8.46. The summed E-state index contributed by atoms with van der Waals surface area (Å²) in [5, 5.41) is 0.580. The lowest BCUT2D eigenvalue weighted by Gasteiger charge is -2.44. The largest absolute Gasteiger partial charge is 0.339 e. The molecule has 1 saturated heterocycles. The maximum atomic E-state index is 12.5. The number of rotatable bonds is 1. The van der Waals surface area contributed by atoms with Crippen LogP contribution in [-0.2, 0) is 0 Å². The van der Waals surface area contributed by atoms with E-state index < -0.39 is 0 Å². The van der Waals surface area contributed by atoms with Crippen molar-refractivity contribution >= 4 is 29.1 Å². The maximum absolute atomic E-state index is 12.5. The standard InChI is InChI=1S/C16H20Cl2N2O/c17-13-10-12(11-19-14(13)18)15(21)20-8-6-16(7-9-20)4-2-1-3-5-16/h10-11H,1-9H2. The minimum absolute atomic E-state index is 0.0201. The smallest absolute Gasteiger partial charge is 0.255 e. The highest BCUT2D eigenvalue weighted by Gasteiger charge is 2.36. The van der Waals surface area contributed by atoms with Gasteiger partial charge in [-0.25, -0.2) is 4.98 Å². The average Bonchev–Trinajstić information content (AvgIpc) is 2.51. The summed E-state index contributed by atoms with van der Waals surface area (Å²) in [6, 6.07) is 1.62. The molecule has 1 aromatic heterocycles. The highest BCUT2D eigenvalue weighted by Crippen LogP contribution is 2.44. The molecule has 1 spiro atoms. The van der Waals surface area contributed by atoms with Gasteiger partial charge in [0.05, 0.1) is 10.6 Å². The summed E-state index contributed by atoms with van der Waals surface area (Å²) in [6.45, 7) is 1.69. The Hall–Kier alpha value is -0.800. The molecule has 1 aliphatic heterocycles. The second kappa shape index (κ2) is 6.13. The van der Waals surface area contributed by atoms with Crippen molar-refractivity contribution in [3.05, 3.63) is 28.0 Å². The second-order valence-electron chi connectivity index (χ2n) is 6.35. The van der Waals surface area contributed by atoms with Crippen molar-refractivity contribution in [3.63, 3.8) is 0 Å². The number of amides is 1. The van der Waals surface area contributed by atoms with Crippen LogP contribution in [0, 0.1) is 5.41 Å². The van der Waals surface area contributed by atoms with E-state index >= 15 is 0 Å². The molecule has 1 amide bonds. The highest BCUT2D eigenvalue weighted by molar-refractivity contribution is 6.41. The van der Waals surface area contributed by atoms with E-state index in [0.717, 1.165) is 25.9 Å². The molecule has 21 heavy (non-hydrogen) atoms. The Bertz CT molecular complexity index is 531. The van der Waals surface area contributed by atoms with Crippen LogP contribution in [0.2, 0.25) is 10.2 Å². The fourth-order valence-corrected chi connectivity index (χ4v) is 3.98. The van der Waals surface area contributed by atoms with Gasteiger partial charge in [-0.05, 0) is 37.2 Å². The van der Waals surface area contributed by atoms with E-state index in [1.54, 1.807) is 6.07 Å². The fraction of sp³-hybridized carbons (Fsp3) is 0.625. The molecule has 0 radical (unpaired) electrons. The molecule has 5 heteroatoms. The maximum Gasteiger partial charge on any atom is 0.255 e. The van der Waals surface area contributed by atoms with Gasteiger partial charge >= 0.3 is 0 Å². The molecule has 114 valence electrons. The number of hydrogen-bond donors (Lipinski definition) is 0. The molecule has 3 rings (SSSR count). The summed E-state index contributed by atoms with van der Waals surface area (Å²) < 4.78 is 0. The molecule has 1 aliphatic carbocycles. The number of carbonyl (C=O) groups is 1. The number of piperidine rings is 1.